The summed E-state index contributed by atoms with van der Waals surface area (Å²) in [5.41, 5.74) is -0.926. The first-order chi connectivity index (χ1) is 14.3. The molecule has 30 heavy (non-hydrogen) atoms. The number of nitrogens with zero attached hydrogens (tertiary/aromatic N) is 3. The predicted molar refractivity (Wildman–Crippen MR) is 102 cm³/mol. The Kier molecular flexibility index (Phi) is 5.44. The van der Waals surface area contributed by atoms with Crippen molar-refractivity contribution in [2.75, 3.05) is 0 Å². The number of amides is 1. The van der Waals surface area contributed by atoms with E-state index in [1.165, 1.54) is 18.2 Å². The second kappa shape index (κ2) is 8.04. The van der Waals surface area contributed by atoms with Crippen LogP contribution < -0.4 is 5.32 Å². The van der Waals surface area contributed by atoms with Gasteiger partial charge in [0.15, 0.2) is 17.0 Å². The molecule has 0 spiro atoms. The summed E-state index contributed by atoms with van der Waals surface area (Å²) in [6.45, 7) is 0. The van der Waals surface area contributed by atoms with Gasteiger partial charge in [-0.3, -0.25) is 4.79 Å². The minimum Gasteiger partial charge on any atom is -0.348 e. The maximum absolute atomic E-state index is 13.7. The zero-order valence-electron chi connectivity index (χ0n) is 16.0. The van der Waals surface area contributed by atoms with Gasteiger partial charge in [0.1, 0.15) is 5.82 Å². The van der Waals surface area contributed by atoms with E-state index in [9.17, 15) is 22.4 Å². The number of nitrogens with one attached hydrogen (secondary N) is 1. The predicted octanol–water partition coefficient (Wildman–Crippen LogP) is 5.01. The summed E-state index contributed by atoms with van der Waals surface area (Å²) in [5.74, 6) is -1.01. The van der Waals surface area contributed by atoms with Crippen molar-refractivity contribution in [1.29, 1.82) is 0 Å². The highest BCUT2D eigenvalue weighted by Crippen LogP contribution is 2.32. The van der Waals surface area contributed by atoms with Gasteiger partial charge < -0.3 is 5.32 Å². The first kappa shape index (κ1) is 20.3. The fraction of sp³-hybridized carbons (Fsp3) is 0.381. The number of hydrogen-bond acceptors (Lipinski definition) is 3. The maximum atomic E-state index is 13.7. The van der Waals surface area contributed by atoms with Crippen LogP contribution in [-0.4, -0.2) is 26.5 Å². The van der Waals surface area contributed by atoms with E-state index in [0.717, 1.165) is 56.7 Å². The number of aromatic nitrogens is 3. The highest BCUT2D eigenvalue weighted by Gasteiger charge is 2.35. The van der Waals surface area contributed by atoms with Gasteiger partial charge in [0, 0.05) is 17.7 Å². The van der Waals surface area contributed by atoms with Crippen LogP contribution in [-0.2, 0) is 6.18 Å². The van der Waals surface area contributed by atoms with Crippen LogP contribution in [0.5, 0.6) is 0 Å². The fourth-order valence-corrected chi connectivity index (χ4v) is 3.74. The number of hydrogen-bond donors (Lipinski definition) is 1. The molecule has 158 valence electrons. The third-order valence-electron chi connectivity index (χ3n) is 5.28. The molecule has 1 aliphatic carbocycles. The maximum Gasteiger partial charge on any atom is 0.433 e. The minimum absolute atomic E-state index is 0.00497. The van der Waals surface area contributed by atoms with Crippen LogP contribution in [0.4, 0.5) is 17.6 Å². The van der Waals surface area contributed by atoms with Crippen molar-refractivity contribution in [1.82, 2.24) is 19.9 Å². The number of rotatable bonds is 3. The van der Waals surface area contributed by atoms with Crippen LogP contribution in [0, 0.1) is 5.82 Å². The average molecular weight is 420 g/mol. The molecule has 1 amide bonds. The molecule has 1 fully saturated rings. The van der Waals surface area contributed by atoms with Crippen LogP contribution in [0.25, 0.3) is 16.9 Å². The van der Waals surface area contributed by atoms with Crippen molar-refractivity contribution >= 4 is 11.6 Å². The van der Waals surface area contributed by atoms with E-state index < -0.39 is 23.6 Å². The molecule has 1 N–H and O–H groups in total. The largest absolute Gasteiger partial charge is 0.433 e. The Hall–Kier alpha value is -2.97. The Morgan fingerprint density at radius 3 is 2.33 bits per heavy atom. The molecule has 0 atom stereocenters. The van der Waals surface area contributed by atoms with E-state index >= 15 is 0 Å². The van der Waals surface area contributed by atoms with Gasteiger partial charge in [-0.25, -0.2) is 13.9 Å². The van der Waals surface area contributed by atoms with Crippen molar-refractivity contribution in [2.24, 2.45) is 0 Å². The molecule has 3 aromatic rings. The highest BCUT2D eigenvalue weighted by atomic mass is 19.4. The smallest absolute Gasteiger partial charge is 0.348 e. The van der Waals surface area contributed by atoms with E-state index in [4.69, 9.17) is 0 Å². The monoisotopic (exact) mass is 420 g/mol. The number of carbonyl (C=O) groups is 1. The number of fused-ring (bicyclic) bond motifs is 1. The van der Waals surface area contributed by atoms with Gasteiger partial charge in [-0.15, -0.1) is 0 Å². The average Bonchev–Trinajstić information content (AvgIpc) is 2.97. The molecule has 0 unspecified atom stereocenters. The standard InChI is InChI=1S/C21H20F4N4O/c22-14-9-7-13(8-10-14)16-11-18(21(23,24)25)29-19(27-16)12-17(28-29)20(30)26-15-5-3-1-2-4-6-15/h7-12,15H,1-6H2,(H,26,30). The molecule has 0 aliphatic heterocycles. The molecule has 1 aliphatic rings. The van der Waals surface area contributed by atoms with Crippen molar-refractivity contribution < 1.29 is 22.4 Å². The summed E-state index contributed by atoms with van der Waals surface area (Å²) in [6, 6.07) is 7.09. The first-order valence-electron chi connectivity index (χ1n) is 9.86. The van der Waals surface area contributed by atoms with Gasteiger partial charge in [-0.1, -0.05) is 25.7 Å². The summed E-state index contributed by atoms with van der Waals surface area (Å²) in [7, 11) is 0. The number of alkyl halides is 3. The lowest BCUT2D eigenvalue weighted by atomic mass is 10.1. The number of carbonyl (C=O) groups excluding carboxylic acids is 1. The summed E-state index contributed by atoms with van der Waals surface area (Å²) in [4.78, 5) is 16.8. The molecule has 1 saturated carbocycles. The van der Waals surface area contributed by atoms with Gasteiger partial charge in [-0.2, -0.15) is 18.3 Å². The number of halogens is 4. The van der Waals surface area contributed by atoms with Crippen LogP contribution >= 0.6 is 0 Å². The molecule has 1 aromatic carbocycles. The molecule has 0 saturated heterocycles. The summed E-state index contributed by atoms with van der Waals surface area (Å²) < 4.78 is 54.8. The van der Waals surface area contributed by atoms with Gasteiger partial charge >= 0.3 is 6.18 Å². The van der Waals surface area contributed by atoms with Crippen LogP contribution in [0.3, 0.4) is 0 Å². The molecule has 2 heterocycles. The SMILES string of the molecule is O=C(NC1CCCCCC1)c1cc2nc(-c3ccc(F)cc3)cc(C(F)(F)F)n2n1. The van der Waals surface area contributed by atoms with E-state index in [2.05, 4.69) is 15.4 Å². The molecular weight excluding hydrogens is 400 g/mol. The molecule has 9 heteroatoms. The first-order valence-corrected chi connectivity index (χ1v) is 9.86. The zero-order valence-corrected chi connectivity index (χ0v) is 16.0. The van der Waals surface area contributed by atoms with Crippen molar-refractivity contribution in [3.63, 3.8) is 0 Å². The second-order valence-corrected chi connectivity index (χ2v) is 7.49. The lowest BCUT2D eigenvalue weighted by molar-refractivity contribution is -0.142. The van der Waals surface area contributed by atoms with Crippen LogP contribution in [0.1, 0.15) is 54.7 Å². The van der Waals surface area contributed by atoms with Crippen molar-refractivity contribution in [3.8, 4) is 11.3 Å². The van der Waals surface area contributed by atoms with E-state index in [0.29, 0.717) is 10.1 Å². The van der Waals surface area contributed by atoms with E-state index in [-0.39, 0.29) is 23.1 Å². The van der Waals surface area contributed by atoms with Crippen molar-refractivity contribution in [2.45, 2.75) is 50.7 Å². The van der Waals surface area contributed by atoms with Gasteiger partial charge in [-0.05, 0) is 43.2 Å². The van der Waals surface area contributed by atoms with Crippen LogP contribution in [0.2, 0.25) is 0 Å². The topological polar surface area (TPSA) is 59.3 Å². The summed E-state index contributed by atoms with van der Waals surface area (Å²) >= 11 is 0. The molecule has 2 aromatic heterocycles. The van der Waals surface area contributed by atoms with Gasteiger partial charge in [0.25, 0.3) is 5.91 Å². The molecule has 4 rings (SSSR count). The van der Waals surface area contributed by atoms with Crippen LogP contribution in [0.15, 0.2) is 36.4 Å². The fourth-order valence-electron chi connectivity index (χ4n) is 3.74. The lowest BCUT2D eigenvalue weighted by Crippen LogP contribution is -2.34. The Morgan fingerprint density at radius 2 is 1.70 bits per heavy atom. The summed E-state index contributed by atoms with van der Waals surface area (Å²) in [5, 5.41) is 6.76. The highest BCUT2D eigenvalue weighted by molar-refractivity contribution is 5.93. The van der Waals surface area contributed by atoms with E-state index in [1.54, 1.807) is 0 Å². The Bertz CT molecular complexity index is 1050. The molecular formula is C21H20F4N4O. The number of benzene rings is 1. The van der Waals surface area contributed by atoms with Gasteiger partial charge in [0.05, 0.1) is 5.69 Å². The quantitative estimate of drug-likeness (QED) is 0.479. The lowest BCUT2D eigenvalue weighted by Gasteiger charge is -2.15. The second-order valence-electron chi connectivity index (χ2n) is 7.49. The zero-order chi connectivity index (χ0) is 21.3. The van der Waals surface area contributed by atoms with Gasteiger partial charge in [0.2, 0.25) is 0 Å². The summed E-state index contributed by atoms with van der Waals surface area (Å²) in [6.07, 6.45) is 1.24. The minimum atomic E-state index is -4.71. The van der Waals surface area contributed by atoms with Crippen molar-refractivity contribution in [3.05, 3.63) is 53.6 Å². The molecule has 5 nitrogen and oxygen atoms in total. The van der Waals surface area contributed by atoms with E-state index in [1.807, 2.05) is 0 Å². The Balaban J connectivity index is 1.71. The molecule has 0 bridgehead atoms. The third kappa shape index (κ3) is 4.29. The Labute approximate surface area is 170 Å². The molecule has 0 radical (unpaired) electrons. The Morgan fingerprint density at radius 1 is 1.03 bits per heavy atom. The normalized spacial score (nSPS) is 15.9. The third-order valence-corrected chi connectivity index (χ3v) is 5.28.